The first kappa shape index (κ1) is 12.9. The molecule has 0 bridgehead atoms. The van der Waals surface area contributed by atoms with E-state index in [2.05, 4.69) is 40.8 Å². The highest BCUT2D eigenvalue weighted by Crippen LogP contribution is 2.31. The van der Waals surface area contributed by atoms with E-state index >= 15 is 0 Å². The van der Waals surface area contributed by atoms with Crippen molar-refractivity contribution in [2.75, 3.05) is 31.1 Å². The lowest BCUT2D eigenvalue weighted by Gasteiger charge is -2.40. The Labute approximate surface area is 116 Å². The molecule has 0 N–H and O–H groups in total. The van der Waals surface area contributed by atoms with Crippen LogP contribution in [-0.2, 0) is 6.42 Å². The van der Waals surface area contributed by atoms with Crippen molar-refractivity contribution < 1.29 is 0 Å². The second kappa shape index (κ2) is 5.49. The molecule has 0 amide bonds. The summed E-state index contributed by atoms with van der Waals surface area (Å²) in [7, 11) is 0. The lowest BCUT2D eigenvalue weighted by atomic mass is 10.1. The predicted octanol–water partition coefficient (Wildman–Crippen LogP) is 2.56. The standard InChI is InChI=1S/C16H25N3/c1-3-14-6-7-16(17-10-14)19-9-8-18(13(2)11-19)12-15-4-5-15/h6-7,10,13,15H,3-5,8-9,11-12H2,1-2H3/t13-/m0/s1. The highest BCUT2D eigenvalue weighted by Gasteiger charge is 2.30. The van der Waals surface area contributed by atoms with Gasteiger partial charge in [-0.1, -0.05) is 13.0 Å². The molecule has 1 aliphatic carbocycles. The van der Waals surface area contributed by atoms with Gasteiger partial charge in [-0.25, -0.2) is 4.98 Å². The van der Waals surface area contributed by atoms with Crippen LogP contribution in [0.3, 0.4) is 0 Å². The molecule has 3 rings (SSSR count). The maximum Gasteiger partial charge on any atom is 0.128 e. The van der Waals surface area contributed by atoms with E-state index in [4.69, 9.17) is 0 Å². The Hall–Kier alpha value is -1.09. The van der Waals surface area contributed by atoms with Crippen molar-refractivity contribution in [2.24, 2.45) is 5.92 Å². The fraction of sp³-hybridized carbons (Fsp3) is 0.688. The summed E-state index contributed by atoms with van der Waals surface area (Å²) in [5.74, 6) is 2.14. The van der Waals surface area contributed by atoms with Gasteiger partial charge >= 0.3 is 0 Å². The summed E-state index contributed by atoms with van der Waals surface area (Å²) >= 11 is 0. The third kappa shape index (κ3) is 3.08. The van der Waals surface area contributed by atoms with Crippen LogP contribution in [0.25, 0.3) is 0 Å². The minimum atomic E-state index is 0.655. The Morgan fingerprint density at radius 2 is 2.11 bits per heavy atom. The van der Waals surface area contributed by atoms with Gasteiger partial charge in [-0.3, -0.25) is 4.90 Å². The number of nitrogens with zero attached hydrogens (tertiary/aromatic N) is 3. The molecule has 2 fully saturated rings. The molecule has 1 saturated heterocycles. The number of hydrogen-bond donors (Lipinski definition) is 0. The third-order valence-corrected chi connectivity index (χ3v) is 4.50. The van der Waals surface area contributed by atoms with Crippen molar-refractivity contribution in [3.8, 4) is 0 Å². The summed E-state index contributed by atoms with van der Waals surface area (Å²) < 4.78 is 0. The second-order valence-corrected chi connectivity index (χ2v) is 6.11. The first-order valence-corrected chi connectivity index (χ1v) is 7.70. The molecule has 104 valence electrons. The third-order valence-electron chi connectivity index (χ3n) is 4.50. The molecule has 2 aliphatic rings. The van der Waals surface area contributed by atoms with Gasteiger partial charge in [0.05, 0.1) is 0 Å². The first-order valence-electron chi connectivity index (χ1n) is 7.70. The zero-order valence-electron chi connectivity index (χ0n) is 12.2. The van der Waals surface area contributed by atoms with Crippen molar-refractivity contribution in [1.29, 1.82) is 0 Å². The predicted molar refractivity (Wildman–Crippen MR) is 79.6 cm³/mol. The van der Waals surface area contributed by atoms with Gasteiger partial charge in [0.2, 0.25) is 0 Å². The van der Waals surface area contributed by atoms with Crippen LogP contribution in [-0.4, -0.2) is 42.1 Å². The number of pyridine rings is 1. The lowest BCUT2D eigenvalue weighted by molar-refractivity contribution is 0.181. The zero-order chi connectivity index (χ0) is 13.2. The number of piperazine rings is 1. The Balaban J connectivity index is 1.60. The Bertz CT molecular complexity index is 411. The van der Waals surface area contributed by atoms with E-state index in [-0.39, 0.29) is 0 Å². The van der Waals surface area contributed by atoms with E-state index in [1.807, 2.05) is 6.20 Å². The van der Waals surface area contributed by atoms with E-state index in [1.165, 1.54) is 31.5 Å². The molecular formula is C16H25N3. The Morgan fingerprint density at radius 3 is 2.68 bits per heavy atom. The van der Waals surface area contributed by atoms with Gasteiger partial charge in [0.25, 0.3) is 0 Å². The average molecular weight is 259 g/mol. The summed E-state index contributed by atoms with van der Waals surface area (Å²) in [5, 5.41) is 0. The fourth-order valence-corrected chi connectivity index (χ4v) is 2.92. The molecule has 0 aromatic carbocycles. The maximum atomic E-state index is 4.61. The van der Waals surface area contributed by atoms with Crippen molar-refractivity contribution in [1.82, 2.24) is 9.88 Å². The van der Waals surface area contributed by atoms with E-state index < -0.39 is 0 Å². The molecule has 1 saturated carbocycles. The summed E-state index contributed by atoms with van der Waals surface area (Å²) in [4.78, 5) is 9.71. The molecule has 0 unspecified atom stereocenters. The SMILES string of the molecule is CCc1ccc(N2CCN(CC3CC3)[C@@H](C)C2)nc1. The van der Waals surface area contributed by atoms with Crippen LogP contribution in [0.5, 0.6) is 0 Å². The number of hydrogen-bond acceptors (Lipinski definition) is 3. The number of aryl methyl sites for hydroxylation is 1. The highest BCUT2D eigenvalue weighted by atomic mass is 15.3. The number of aromatic nitrogens is 1. The Morgan fingerprint density at radius 1 is 1.26 bits per heavy atom. The molecule has 3 heteroatoms. The largest absolute Gasteiger partial charge is 0.354 e. The first-order chi connectivity index (χ1) is 9.26. The molecule has 1 aromatic rings. The van der Waals surface area contributed by atoms with Gasteiger partial charge in [-0.2, -0.15) is 0 Å². The van der Waals surface area contributed by atoms with Crippen LogP contribution in [0, 0.1) is 5.92 Å². The van der Waals surface area contributed by atoms with Crippen molar-refractivity contribution >= 4 is 5.82 Å². The van der Waals surface area contributed by atoms with Gasteiger partial charge in [-0.05, 0) is 43.7 Å². The molecule has 1 aliphatic heterocycles. The molecule has 0 spiro atoms. The topological polar surface area (TPSA) is 19.4 Å². The minimum Gasteiger partial charge on any atom is -0.354 e. The van der Waals surface area contributed by atoms with E-state index in [0.717, 1.165) is 31.2 Å². The highest BCUT2D eigenvalue weighted by molar-refractivity contribution is 5.40. The Kier molecular flexibility index (Phi) is 3.74. The molecule has 1 atom stereocenters. The zero-order valence-corrected chi connectivity index (χ0v) is 12.2. The van der Waals surface area contributed by atoms with Gasteiger partial charge in [-0.15, -0.1) is 0 Å². The van der Waals surface area contributed by atoms with Crippen LogP contribution in [0.4, 0.5) is 5.82 Å². The van der Waals surface area contributed by atoms with Crippen molar-refractivity contribution in [3.05, 3.63) is 23.9 Å². The van der Waals surface area contributed by atoms with Crippen molar-refractivity contribution in [2.45, 2.75) is 39.2 Å². The smallest absolute Gasteiger partial charge is 0.128 e. The molecule has 1 aromatic heterocycles. The summed E-state index contributed by atoms with van der Waals surface area (Å²) in [6.45, 7) is 9.27. The maximum absolute atomic E-state index is 4.61. The van der Waals surface area contributed by atoms with Crippen molar-refractivity contribution in [3.63, 3.8) is 0 Å². The summed E-state index contributed by atoms with van der Waals surface area (Å²) in [6.07, 6.45) is 6.00. The molecule has 19 heavy (non-hydrogen) atoms. The fourth-order valence-electron chi connectivity index (χ4n) is 2.92. The van der Waals surface area contributed by atoms with Gasteiger partial charge < -0.3 is 4.90 Å². The summed E-state index contributed by atoms with van der Waals surface area (Å²) in [5.41, 5.74) is 1.32. The van der Waals surface area contributed by atoms with Crippen LogP contribution < -0.4 is 4.90 Å². The summed E-state index contributed by atoms with van der Waals surface area (Å²) in [6, 6.07) is 5.05. The van der Waals surface area contributed by atoms with Gasteiger partial charge in [0, 0.05) is 38.4 Å². The van der Waals surface area contributed by atoms with E-state index in [0.29, 0.717) is 6.04 Å². The lowest BCUT2D eigenvalue weighted by Crippen LogP contribution is -2.52. The quantitative estimate of drug-likeness (QED) is 0.828. The van der Waals surface area contributed by atoms with Crippen LogP contribution >= 0.6 is 0 Å². The van der Waals surface area contributed by atoms with Gasteiger partial charge in [0.1, 0.15) is 5.82 Å². The second-order valence-electron chi connectivity index (χ2n) is 6.11. The molecular weight excluding hydrogens is 234 g/mol. The average Bonchev–Trinajstić information content (AvgIpc) is 3.25. The molecule has 3 nitrogen and oxygen atoms in total. The number of anilines is 1. The van der Waals surface area contributed by atoms with E-state index in [9.17, 15) is 0 Å². The normalized spacial score (nSPS) is 24.7. The number of rotatable bonds is 4. The molecule has 2 heterocycles. The minimum absolute atomic E-state index is 0.655. The van der Waals surface area contributed by atoms with Crippen LogP contribution in [0.2, 0.25) is 0 Å². The van der Waals surface area contributed by atoms with Gasteiger partial charge in [0.15, 0.2) is 0 Å². The molecule has 0 radical (unpaired) electrons. The van der Waals surface area contributed by atoms with Crippen LogP contribution in [0.15, 0.2) is 18.3 Å². The van der Waals surface area contributed by atoms with Crippen LogP contribution in [0.1, 0.15) is 32.3 Å². The monoisotopic (exact) mass is 259 g/mol. The van der Waals surface area contributed by atoms with E-state index in [1.54, 1.807) is 0 Å².